The second-order valence-corrected chi connectivity index (χ2v) is 7.39. The van der Waals surface area contributed by atoms with Crippen molar-refractivity contribution in [1.29, 1.82) is 0 Å². The van der Waals surface area contributed by atoms with Crippen LogP contribution in [0.5, 0.6) is 0 Å². The standard InChI is InChI=1S/C25H28N2O4/c1-4-28-24(29-5-2)16-18-11-12-20-22(27-31-23(20)15-18)14-13-21-17(3)30-25(26-21)19-9-7-6-8-10-19/h6-12,15,24H,4-5,13-14,16H2,1-3H3. The Morgan fingerprint density at radius 3 is 2.42 bits per heavy atom. The molecule has 162 valence electrons. The third-order valence-electron chi connectivity index (χ3n) is 5.23. The monoisotopic (exact) mass is 420 g/mol. The molecule has 0 fully saturated rings. The van der Waals surface area contributed by atoms with Gasteiger partial charge in [0.25, 0.3) is 0 Å². The Hall–Kier alpha value is -2.96. The molecule has 0 saturated carbocycles. The van der Waals surface area contributed by atoms with Crippen molar-refractivity contribution >= 4 is 11.0 Å². The van der Waals surface area contributed by atoms with Crippen molar-refractivity contribution in [2.45, 2.75) is 46.3 Å². The van der Waals surface area contributed by atoms with Gasteiger partial charge >= 0.3 is 0 Å². The highest BCUT2D eigenvalue weighted by Gasteiger charge is 2.15. The molecule has 6 heteroatoms. The van der Waals surface area contributed by atoms with Gasteiger partial charge in [-0.3, -0.25) is 0 Å². The van der Waals surface area contributed by atoms with E-state index in [0.717, 1.165) is 52.1 Å². The highest BCUT2D eigenvalue weighted by molar-refractivity contribution is 5.80. The summed E-state index contributed by atoms with van der Waals surface area (Å²) >= 11 is 0. The van der Waals surface area contributed by atoms with Crippen LogP contribution in [0.4, 0.5) is 0 Å². The van der Waals surface area contributed by atoms with Gasteiger partial charge < -0.3 is 18.4 Å². The van der Waals surface area contributed by atoms with Gasteiger partial charge in [-0.2, -0.15) is 0 Å². The summed E-state index contributed by atoms with van der Waals surface area (Å²) in [6.07, 6.45) is 1.90. The van der Waals surface area contributed by atoms with Gasteiger partial charge in [-0.25, -0.2) is 4.98 Å². The van der Waals surface area contributed by atoms with Crippen molar-refractivity contribution in [2.24, 2.45) is 0 Å². The predicted octanol–water partition coefficient (Wildman–Crippen LogP) is 5.52. The highest BCUT2D eigenvalue weighted by atomic mass is 16.7. The van der Waals surface area contributed by atoms with Crippen LogP contribution in [0, 0.1) is 6.92 Å². The first-order chi connectivity index (χ1) is 15.2. The van der Waals surface area contributed by atoms with E-state index in [1.165, 1.54) is 0 Å². The minimum Gasteiger partial charge on any atom is -0.441 e. The van der Waals surface area contributed by atoms with Crippen LogP contribution >= 0.6 is 0 Å². The molecule has 0 radical (unpaired) electrons. The summed E-state index contributed by atoms with van der Waals surface area (Å²) in [7, 11) is 0. The van der Waals surface area contributed by atoms with Gasteiger partial charge in [-0.05, 0) is 63.4 Å². The maximum atomic E-state index is 5.87. The molecule has 4 aromatic rings. The van der Waals surface area contributed by atoms with E-state index in [-0.39, 0.29) is 6.29 Å². The van der Waals surface area contributed by atoms with Gasteiger partial charge in [-0.1, -0.05) is 29.4 Å². The molecule has 0 aliphatic rings. The lowest BCUT2D eigenvalue weighted by Crippen LogP contribution is -2.20. The first kappa shape index (κ1) is 21.3. The van der Waals surface area contributed by atoms with E-state index in [0.29, 0.717) is 25.5 Å². The molecular weight excluding hydrogens is 392 g/mol. The SMILES string of the molecule is CCOC(Cc1ccc2c(CCc3nc(-c4ccccc4)oc3C)noc2c1)OCC. The molecule has 0 bridgehead atoms. The van der Waals surface area contributed by atoms with Crippen LogP contribution in [0.1, 0.15) is 36.6 Å². The maximum absolute atomic E-state index is 5.87. The lowest BCUT2D eigenvalue weighted by atomic mass is 10.1. The average Bonchev–Trinajstić information content (AvgIpc) is 3.36. The minimum absolute atomic E-state index is 0.246. The van der Waals surface area contributed by atoms with Crippen LogP contribution < -0.4 is 0 Å². The van der Waals surface area contributed by atoms with Crippen LogP contribution in [0.15, 0.2) is 57.5 Å². The number of aryl methyl sites for hydroxylation is 3. The van der Waals surface area contributed by atoms with E-state index in [9.17, 15) is 0 Å². The minimum atomic E-state index is -0.246. The number of hydrogen-bond acceptors (Lipinski definition) is 6. The van der Waals surface area contributed by atoms with Crippen LogP contribution in [-0.2, 0) is 28.7 Å². The molecule has 2 heterocycles. The first-order valence-corrected chi connectivity index (χ1v) is 10.8. The third kappa shape index (κ3) is 5.03. The van der Waals surface area contributed by atoms with E-state index < -0.39 is 0 Å². The number of ether oxygens (including phenoxy) is 2. The molecule has 0 unspecified atom stereocenters. The molecule has 0 spiro atoms. The number of hydrogen-bond donors (Lipinski definition) is 0. The smallest absolute Gasteiger partial charge is 0.226 e. The molecule has 6 nitrogen and oxygen atoms in total. The molecule has 0 aliphatic carbocycles. The Labute approximate surface area is 182 Å². The molecule has 0 N–H and O–H groups in total. The molecule has 31 heavy (non-hydrogen) atoms. The highest BCUT2D eigenvalue weighted by Crippen LogP contribution is 2.25. The summed E-state index contributed by atoms with van der Waals surface area (Å²) in [6, 6.07) is 16.1. The predicted molar refractivity (Wildman–Crippen MR) is 119 cm³/mol. The first-order valence-electron chi connectivity index (χ1n) is 10.8. The van der Waals surface area contributed by atoms with Crippen LogP contribution in [0.25, 0.3) is 22.4 Å². The summed E-state index contributed by atoms with van der Waals surface area (Å²) in [5, 5.41) is 5.33. The fraction of sp³-hybridized carbons (Fsp3) is 0.360. The van der Waals surface area contributed by atoms with Gasteiger partial charge in [0.15, 0.2) is 11.9 Å². The third-order valence-corrected chi connectivity index (χ3v) is 5.23. The molecule has 2 aromatic heterocycles. The lowest BCUT2D eigenvalue weighted by Gasteiger charge is -2.16. The quantitative estimate of drug-likeness (QED) is 0.315. The van der Waals surface area contributed by atoms with E-state index in [4.69, 9.17) is 18.4 Å². The Morgan fingerprint density at radius 1 is 0.935 bits per heavy atom. The Morgan fingerprint density at radius 2 is 1.68 bits per heavy atom. The Balaban J connectivity index is 1.46. The van der Waals surface area contributed by atoms with E-state index >= 15 is 0 Å². The fourth-order valence-electron chi connectivity index (χ4n) is 3.67. The van der Waals surface area contributed by atoms with Crippen molar-refractivity contribution in [3.63, 3.8) is 0 Å². The number of oxazole rings is 1. The van der Waals surface area contributed by atoms with Crippen molar-refractivity contribution < 1.29 is 18.4 Å². The normalized spacial score (nSPS) is 11.6. The second kappa shape index (κ2) is 9.90. The molecule has 4 rings (SSSR count). The number of benzene rings is 2. The molecule has 0 saturated heterocycles. The van der Waals surface area contributed by atoms with Crippen molar-refractivity contribution in [3.8, 4) is 11.5 Å². The fourth-order valence-corrected chi connectivity index (χ4v) is 3.67. The lowest BCUT2D eigenvalue weighted by molar-refractivity contribution is -0.134. The zero-order chi connectivity index (χ0) is 21.6. The van der Waals surface area contributed by atoms with Crippen molar-refractivity contribution in [3.05, 3.63) is 71.2 Å². The second-order valence-electron chi connectivity index (χ2n) is 7.39. The van der Waals surface area contributed by atoms with Crippen LogP contribution in [0.3, 0.4) is 0 Å². The van der Waals surface area contributed by atoms with E-state index in [1.807, 2.05) is 57.2 Å². The number of rotatable bonds is 10. The van der Waals surface area contributed by atoms with E-state index in [1.54, 1.807) is 0 Å². The topological polar surface area (TPSA) is 70.5 Å². The summed E-state index contributed by atoms with van der Waals surface area (Å²) < 4.78 is 22.8. The van der Waals surface area contributed by atoms with Crippen molar-refractivity contribution in [2.75, 3.05) is 13.2 Å². The summed E-state index contributed by atoms with van der Waals surface area (Å²) in [6.45, 7) is 7.13. The number of aromatic nitrogens is 2. The zero-order valence-corrected chi connectivity index (χ0v) is 18.3. The van der Waals surface area contributed by atoms with E-state index in [2.05, 4.69) is 22.3 Å². The molecule has 2 aromatic carbocycles. The number of fused-ring (bicyclic) bond motifs is 1. The number of nitrogens with zero attached hydrogens (tertiary/aromatic N) is 2. The molecular formula is C25H28N2O4. The Kier molecular flexibility index (Phi) is 6.79. The summed E-state index contributed by atoms with van der Waals surface area (Å²) in [5.74, 6) is 1.49. The molecule has 0 amide bonds. The maximum Gasteiger partial charge on any atom is 0.226 e. The zero-order valence-electron chi connectivity index (χ0n) is 18.3. The van der Waals surface area contributed by atoms with Gasteiger partial charge in [-0.15, -0.1) is 0 Å². The van der Waals surface area contributed by atoms with Gasteiger partial charge in [0.05, 0.1) is 11.4 Å². The van der Waals surface area contributed by atoms with Crippen molar-refractivity contribution in [1.82, 2.24) is 10.1 Å². The molecule has 0 atom stereocenters. The summed E-state index contributed by atoms with van der Waals surface area (Å²) in [5.41, 5.74) is 4.73. The van der Waals surface area contributed by atoms with Crippen LogP contribution in [-0.4, -0.2) is 29.6 Å². The Bertz CT molecular complexity index is 1110. The van der Waals surface area contributed by atoms with Crippen LogP contribution in [0.2, 0.25) is 0 Å². The van der Waals surface area contributed by atoms with Gasteiger partial charge in [0, 0.05) is 30.6 Å². The van der Waals surface area contributed by atoms with Gasteiger partial charge in [0.1, 0.15) is 5.76 Å². The largest absolute Gasteiger partial charge is 0.441 e. The average molecular weight is 421 g/mol. The summed E-state index contributed by atoms with van der Waals surface area (Å²) in [4.78, 5) is 4.69. The molecule has 0 aliphatic heterocycles. The van der Waals surface area contributed by atoms with Gasteiger partial charge in [0.2, 0.25) is 5.89 Å².